The van der Waals surface area contributed by atoms with Gasteiger partial charge in [0.05, 0.1) is 21.9 Å². The summed E-state index contributed by atoms with van der Waals surface area (Å²) >= 11 is 1.23. The van der Waals surface area contributed by atoms with Crippen LogP contribution < -0.4 is 14.8 Å². The van der Waals surface area contributed by atoms with E-state index in [2.05, 4.69) is 46.2 Å². The number of aryl methyl sites for hydroxylation is 2. The molecule has 5 aromatic rings. The fourth-order valence-corrected chi connectivity index (χ4v) is 6.90. The number of nitrogens with one attached hydrogen (secondary N) is 2. The Kier molecular flexibility index (Phi) is 11.8. The number of ether oxygens (including phenoxy) is 1. The van der Waals surface area contributed by atoms with Crippen molar-refractivity contribution in [3.8, 4) is 5.75 Å². The summed E-state index contributed by atoms with van der Waals surface area (Å²) in [5.74, 6) is -0.239. The Hall–Kier alpha value is -4.19. The summed E-state index contributed by atoms with van der Waals surface area (Å²) in [6.45, 7) is 4.37. The minimum Gasteiger partial charge on any atom is -0.488 e. The molecule has 1 aliphatic rings. The molecule has 11 heteroatoms. The van der Waals surface area contributed by atoms with Crippen molar-refractivity contribution in [3.05, 3.63) is 142 Å². The van der Waals surface area contributed by atoms with Crippen molar-refractivity contribution in [2.45, 2.75) is 38.2 Å². The van der Waals surface area contributed by atoms with Gasteiger partial charge in [0.15, 0.2) is 5.17 Å². The number of carbonyl (C=O) groups excluding carboxylic acids is 2. The SMILES string of the molecule is CCc1ccc(COc2cc3ccccc3cc2C=C2SC(=Nc3ccc(CC(=O)NS(=O)(=O)c4ccc(C)cc4)cc3)NC2=O)cc1.[Na]. The quantitative estimate of drug-likeness (QED) is 0.122. The van der Waals surface area contributed by atoms with Crippen LogP contribution in [-0.2, 0) is 39.1 Å². The predicted molar refractivity (Wildman–Crippen MR) is 197 cm³/mol. The number of amidine groups is 1. The first-order valence-electron chi connectivity index (χ1n) is 15.4. The van der Waals surface area contributed by atoms with Gasteiger partial charge in [-0.3, -0.25) is 9.59 Å². The molecule has 1 saturated heterocycles. The third-order valence-corrected chi connectivity index (χ3v) is 10.1. The minimum absolute atomic E-state index is 0. The van der Waals surface area contributed by atoms with Crippen molar-refractivity contribution >= 4 is 90.9 Å². The second-order valence-electron chi connectivity index (χ2n) is 11.4. The second kappa shape index (κ2) is 16.0. The summed E-state index contributed by atoms with van der Waals surface area (Å²) in [7, 11) is -3.96. The topological polar surface area (TPSA) is 114 Å². The van der Waals surface area contributed by atoms with Gasteiger partial charge in [0.25, 0.3) is 15.9 Å². The number of aliphatic imine (C=N–C) groups is 1. The van der Waals surface area contributed by atoms with Crippen molar-refractivity contribution in [1.82, 2.24) is 10.0 Å². The Labute approximate surface area is 312 Å². The maximum absolute atomic E-state index is 13.0. The van der Waals surface area contributed by atoms with Gasteiger partial charge in [0.1, 0.15) is 12.4 Å². The van der Waals surface area contributed by atoms with Crippen molar-refractivity contribution in [1.29, 1.82) is 0 Å². The fraction of sp³-hybridized carbons (Fsp3) is 0.132. The number of hydrogen-bond donors (Lipinski definition) is 2. The molecule has 6 rings (SSSR count). The Bertz CT molecular complexity index is 2170. The van der Waals surface area contributed by atoms with Crippen LogP contribution in [0, 0.1) is 6.92 Å². The molecule has 0 bridgehead atoms. The zero-order chi connectivity index (χ0) is 33.7. The molecular weight excluding hydrogens is 666 g/mol. The molecule has 0 aromatic heterocycles. The molecule has 2 N–H and O–H groups in total. The molecule has 5 aromatic carbocycles. The van der Waals surface area contributed by atoms with Crippen molar-refractivity contribution < 1.29 is 22.7 Å². The van der Waals surface area contributed by atoms with Crippen LogP contribution in [0.5, 0.6) is 5.75 Å². The number of carbonyl (C=O) groups is 2. The molecule has 1 aliphatic heterocycles. The van der Waals surface area contributed by atoms with Crippen LogP contribution in [0.15, 0.2) is 124 Å². The number of amides is 2. The van der Waals surface area contributed by atoms with E-state index in [4.69, 9.17) is 4.74 Å². The molecule has 1 radical (unpaired) electrons. The van der Waals surface area contributed by atoms with Gasteiger partial charge in [-0.25, -0.2) is 18.1 Å². The summed E-state index contributed by atoms with van der Waals surface area (Å²) in [6.07, 6.45) is 2.67. The van der Waals surface area contributed by atoms with E-state index >= 15 is 0 Å². The first-order valence-corrected chi connectivity index (χ1v) is 17.7. The fourth-order valence-electron chi connectivity index (χ4n) is 5.08. The van der Waals surface area contributed by atoms with Gasteiger partial charge < -0.3 is 10.1 Å². The average molecular weight is 699 g/mol. The number of thioether (sulfide) groups is 1. The second-order valence-corrected chi connectivity index (χ2v) is 14.1. The van der Waals surface area contributed by atoms with E-state index in [-0.39, 0.29) is 46.8 Å². The summed E-state index contributed by atoms with van der Waals surface area (Å²) < 4.78 is 33.5. The van der Waals surface area contributed by atoms with Crippen LogP contribution >= 0.6 is 11.8 Å². The minimum atomic E-state index is -3.96. The average Bonchev–Trinajstić information content (AvgIpc) is 3.42. The first kappa shape index (κ1) is 36.1. The van der Waals surface area contributed by atoms with E-state index in [9.17, 15) is 18.0 Å². The summed E-state index contributed by atoms with van der Waals surface area (Å²) in [6, 6.07) is 33.4. The number of rotatable bonds is 10. The summed E-state index contributed by atoms with van der Waals surface area (Å²) in [5.41, 5.74) is 5.20. The van der Waals surface area contributed by atoms with E-state index in [0.29, 0.717) is 33.7 Å². The smallest absolute Gasteiger partial charge is 0.264 e. The third-order valence-electron chi connectivity index (χ3n) is 7.75. The molecule has 0 saturated carbocycles. The Morgan fingerprint density at radius 1 is 0.878 bits per heavy atom. The van der Waals surface area contributed by atoms with Crippen molar-refractivity contribution in [3.63, 3.8) is 0 Å². The maximum Gasteiger partial charge on any atom is 0.264 e. The van der Waals surface area contributed by atoms with Gasteiger partial charge in [-0.15, -0.1) is 0 Å². The van der Waals surface area contributed by atoms with Gasteiger partial charge in [0.2, 0.25) is 5.91 Å². The van der Waals surface area contributed by atoms with Gasteiger partial charge in [0, 0.05) is 35.1 Å². The molecule has 0 unspecified atom stereocenters. The van der Waals surface area contributed by atoms with Crippen LogP contribution in [0.2, 0.25) is 0 Å². The van der Waals surface area contributed by atoms with Crippen molar-refractivity contribution in [2.24, 2.45) is 4.99 Å². The molecule has 49 heavy (non-hydrogen) atoms. The molecule has 243 valence electrons. The Balaban J connectivity index is 0.00000468. The van der Waals surface area contributed by atoms with E-state index in [1.54, 1.807) is 36.4 Å². The van der Waals surface area contributed by atoms with E-state index in [1.807, 2.05) is 49.4 Å². The van der Waals surface area contributed by atoms with Gasteiger partial charge in [-0.1, -0.05) is 85.3 Å². The largest absolute Gasteiger partial charge is 0.488 e. The molecule has 0 spiro atoms. The number of nitrogens with zero attached hydrogens (tertiary/aromatic N) is 1. The maximum atomic E-state index is 13.0. The molecule has 0 aliphatic carbocycles. The zero-order valence-electron chi connectivity index (χ0n) is 27.4. The third kappa shape index (κ3) is 9.29. The van der Waals surface area contributed by atoms with Crippen LogP contribution in [-0.4, -0.2) is 55.0 Å². The molecule has 8 nitrogen and oxygen atoms in total. The number of fused-ring (bicyclic) bond motifs is 1. The molecule has 0 atom stereocenters. The standard InChI is InChI=1S/C38H33N3O5S2.Na/c1-3-26-10-12-28(13-11-26)24-46-34-22-30-7-5-4-6-29(30)21-31(34)23-35-37(43)40-38(47-35)39-32-16-14-27(15-17-32)20-36(42)41-48(44,45)33-18-8-25(2)9-19-33;/h4-19,21-23H,3,20,24H2,1-2H3,(H,41,42)(H,39,40,43);. The number of sulfonamides is 1. The van der Waals surface area contributed by atoms with Gasteiger partial charge in [-0.2, -0.15) is 0 Å². The first-order chi connectivity index (χ1) is 23.1. The van der Waals surface area contributed by atoms with E-state index in [0.717, 1.165) is 33.9 Å². The normalized spacial score (nSPS) is 14.4. The molecule has 1 fully saturated rings. The van der Waals surface area contributed by atoms with Gasteiger partial charge in [-0.05, 0) is 95.0 Å². The van der Waals surface area contributed by atoms with Gasteiger partial charge >= 0.3 is 0 Å². The zero-order valence-corrected chi connectivity index (χ0v) is 31.0. The summed E-state index contributed by atoms with van der Waals surface area (Å²) in [5, 5.41) is 5.31. The Morgan fingerprint density at radius 2 is 1.51 bits per heavy atom. The van der Waals surface area contributed by atoms with E-state index < -0.39 is 15.9 Å². The number of benzene rings is 5. The molecular formula is C38H33N3NaO5S2. The predicted octanol–water partition coefficient (Wildman–Crippen LogP) is 6.85. The Morgan fingerprint density at radius 3 is 2.18 bits per heavy atom. The summed E-state index contributed by atoms with van der Waals surface area (Å²) in [4.78, 5) is 30.6. The van der Waals surface area contributed by atoms with Crippen molar-refractivity contribution in [2.75, 3.05) is 0 Å². The van der Waals surface area contributed by atoms with Crippen LogP contribution in [0.25, 0.3) is 16.8 Å². The van der Waals surface area contributed by atoms with Crippen LogP contribution in [0.3, 0.4) is 0 Å². The van der Waals surface area contributed by atoms with E-state index in [1.165, 1.54) is 29.5 Å². The van der Waals surface area contributed by atoms with Crippen LogP contribution in [0.1, 0.15) is 34.7 Å². The van der Waals surface area contributed by atoms with Crippen LogP contribution in [0.4, 0.5) is 5.69 Å². The molecule has 2 amide bonds. The molecule has 1 heterocycles. The monoisotopic (exact) mass is 698 g/mol. The number of hydrogen-bond acceptors (Lipinski definition) is 7.